The fraction of sp³-hybridized carbons (Fsp3) is 0. The molecule has 1 aromatic heterocycles. The van der Waals surface area contributed by atoms with E-state index < -0.39 is 4.92 Å². The minimum Gasteiger partial charge on any atom is -0.506 e. The lowest BCUT2D eigenvalue weighted by Crippen LogP contribution is -1.95. The van der Waals surface area contributed by atoms with Crippen LogP contribution in [0.4, 0.5) is 11.4 Å². The van der Waals surface area contributed by atoms with Gasteiger partial charge in [-0.2, -0.15) is 0 Å². The van der Waals surface area contributed by atoms with Gasteiger partial charge in [0.15, 0.2) is 11.9 Å². The number of aromatic hydroxyl groups is 1. The molecule has 0 aliphatic heterocycles. The molecule has 0 spiro atoms. The second-order valence-electron chi connectivity index (χ2n) is 4.95. The molecule has 25 heavy (non-hydrogen) atoms. The van der Waals surface area contributed by atoms with Crippen LogP contribution in [-0.2, 0) is 4.79 Å². The first-order valence-electron chi connectivity index (χ1n) is 6.93. The number of nitrogens with one attached hydrogen (secondary N) is 1. The highest BCUT2D eigenvalue weighted by Crippen LogP contribution is 2.29. The number of aldehydes is 1. The van der Waals surface area contributed by atoms with Gasteiger partial charge in [0, 0.05) is 23.4 Å². The number of anilines is 1. The summed E-state index contributed by atoms with van der Waals surface area (Å²) in [6, 6.07) is 8.32. The molecule has 0 saturated heterocycles. The predicted molar refractivity (Wildman–Crippen MR) is 91.4 cm³/mol. The third kappa shape index (κ3) is 3.43. The van der Waals surface area contributed by atoms with Crippen LogP contribution in [0.1, 0.15) is 5.89 Å². The molecule has 0 saturated carbocycles. The van der Waals surface area contributed by atoms with Crippen molar-refractivity contribution >= 4 is 45.9 Å². The van der Waals surface area contributed by atoms with Gasteiger partial charge in [0.05, 0.1) is 16.2 Å². The average Bonchev–Trinajstić information content (AvgIpc) is 2.99. The number of carbonyl (C=O) groups is 1. The Morgan fingerprint density at radius 3 is 2.84 bits per heavy atom. The number of nitro groups is 1. The third-order valence-electron chi connectivity index (χ3n) is 3.30. The number of phenols is 1. The van der Waals surface area contributed by atoms with Crippen LogP contribution in [0.5, 0.6) is 5.75 Å². The van der Waals surface area contributed by atoms with Crippen molar-refractivity contribution in [3.8, 4) is 5.75 Å². The van der Waals surface area contributed by atoms with Gasteiger partial charge in [-0.1, -0.05) is 11.6 Å². The molecule has 0 bridgehead atoms. The Hall–Kier alpha value is -3.39. The van der Waals surface area contributed by atoms with Gasteiger partial charge in [-0.05, 0) is 24.3 Å². The van der Waals surface area contributed by atoms with Crippen molar-refractivity contribution in [2.45, 2.75) is 0 Å². The highest BCUT2D eigenvalue weighted by atomic mass is 35.5. The molecule has 0 amide bonds. The maximum atomic E-state index is 11.3. The SMILES string of the molecule is O=CC(=CNc1cc([N+](=O)[O-])ccc1O)c1nc2cc(Cl)ccc2o1. The molecular weight excluding hydrogens is 350 g/mol. The Morgan fingerprint density at radius 2 is 2.12 bits per heavy atom. The maximum Gasteiger partial charge on any atom is 0.271 e. The molecule has 0 atom stereocenters. The molecule has 126 valence electrons. The molecular formula is C16H10ClN3O5. The largest absolute Gasteiger partial charge is 0.506 e. The van der Waals surface area contributed by atoms with Crippen LogP contribution in [0.2, 0.25) is 5.02 Å². The van der Waals surface area contributed by atoms with Crippen molar-refractivity contribution in [2.75, 3.05) is 5.32 Å². The van der Waals surface area contributed by atoms with Gasteiger partial charge < -0.3 is 14.8 Å². The number of oxazole rings is 1. The van der Waals surface area contributed by atoms with Gasteiger partial charge in [0.1, 0.15) is 11.3 Å². The summed E-state index contributed by atoms with van der Waals surface area (Å²) in [5.74, 6) is -0.166. The Kier molecular flexibility index (Phi) is 4.36. The standard InChI is InChI=1S/C16H10ClN3O5/c17-10-1-4-15-13(5-10)19-16(25-15)9(8-21)7-18-12-6-11(20(23)24)2-3-14(12)22/h1-8,18,22H. The van der Waals surface area contributed by atoms with Crippen molar-refractivity contribution in [3.63, 3.8) is 0 Å². The second kappa shape index (κ2) is 6.62. The van der Waals surface area contributed by atoms with Gasteiger partial charge in [-0.3, -0.25) is 14.9 Å². The molecule has 2 aromatic carbocycles. The predicted octanol–water partition coefficient (Wildman–Crippen LogP) is 3.75. The summed E-state index contributed by atoms with van der Waals surface area (Å²) in [5.41, 5.74) is 0.836. The number of fused-ring (bicyclic) bond motifs is 1. The number of aromatic nitrogens is 1. The summed E-state index contributed by atoms with van der Waals surface area (Å²) in [5, 5.41) is 23.7. The number of rotatable bonds is 5. The quantitative estimate of drug-likeness (QED) is 0.234. The highest BCUT2D eigenvalue weighted by Gasteiger charge is 2.13. The maximum absolute atomic E-state index is 11.3. The summed E-state index contributed by atoms with van der Waals surface area (Å²) in [4.78, 5) is 25.7. The molecule has 0 aliphatic rings. The van der Waals surface area contributed by atoms with E-state index in [-0.39, 0.29) is 28.6 Å². The van der Waals surface area contributed by atoms with Gasteiger partial charge in [-0.15, -0.1) is 0 Å². The van der Waals surface area contributed by atoms with E-state index in [1.165, 1.54) is 12.3 Å². The summed E-state index contributed by atoms with van der Waals surface area (Å²) in [6.07, 6.45) is 1.74. The molecule has 2 N–H and O–H groups in total. The summed E-state index contributed by atoms with van der Waals surface area (Å²) >= 11 is 5.88. The van der Waals surface area contributed by atoms with E-state index in [0.29, 0.717) is 22.4 Å². The Bertz CT molecular complexity index is 1010. The van der Waals surface area contributed by atoms with Crippen molar-refractivity contribution < 1.29 is 19.2 Å². The van der Waals surface area contributed by atoms with Crippen LogP contribution >= 0.6 is 11.6 Å². The Balaban J connectivity index is 1.93. The zero-order chi connectivity index (χ0) is 18.0. The number of phenolic OH excluding ortho intramolecular Hbond substituents is 1. The first kappa shape index (κ1) is 16.5. The van der Waals surface area contributed by atoms with E-state index >= 15 is 0 Å². The van der Waals surface area contributed by atoms with E-state index in [1.54, 1.807) is 18.2 Å². The molecule has 0 radical (unpaired) electrons. The zero-order valence-electron chi connectivity index (χ0n) is 12.5. The van der Waals surface area contributed by atoms with Crippen LogP contribution in [0.25, 0.3) is 16.7 Å². The van der Waals surface area contributed by atoms with Crippen LogP contribution in [-0.4, -0.2) is 21.3 Å². The van der Waals surface area contributed by atoms with Gasteiger partial charge in [0.2, 0.25) is 5.89 Å². The topological polar surface area (TPSA) is 118 Å². The first-order chi connectivity index (χ1) is 12.0. The lowest BCUT2D eigenvalue weighted by molar-refractivity contribution is -0.384. The number of hydrogen-bond donors (Lipinski definition) is 2. The molecule has 8 nitrogen and oxygen atoms in total. The van der Waals surface area contributed by atoms with E-state index in [0.717, 1.165) is 12.1 Å². The normalized spacial score (nSPS) is 11.5. The monoisotopic (exact) mass is 359 g/mol. The lowest BCUT2D eigenvalue weighted by Gasteiger charge is -2.04. The fourth-order valence-corrected chi connectivity index (χ4v) is 2.25. The summed E-state index contributed by atoms with van der Waals surface area (Å²) in [6.45, 7) is 0. The molecule has 0 fully saturated rings. The molecule has 3 aromatic rings. The van der Waals surface area contributed by atoms with Crippen molar-refractivity contribution in [1.29, 1.82) is 0 Å². The summed E-state index contributed by atoms with van der Waals surface area (Å²) in [7, 11) is 0. The van der Waals surface area contributed by atoms with E-state index in [4.69, 9.17) is 16.0 Å². The van der Waals surface area contributed by atoms with Crippen molar-refractivity contribution in [1.82, 2.24) is 4.98 Å². The van der Waals surface area contributed by atoms with E-state index in [2.05, 4.69) is 10.3 Å². The van der Waals surface area contributed by atoms with Gasteiger partial charge in [-0.25, -0.2) is 4.98 Å². The lowest BCUT2D eigenvalue weighted by atomic mass is 10.2. The fourth-order valence-electron chi connectivity index (χ4n) is 2.08. The van der Waals surface area contributed by atoms with Crippen LogP contribution in [0.15, 0.2) is 47.0 Å². The third-order valence-corrected chi connectivity index (χ3v) is 3.53. The minimum absolute atomic E-state index is 0.0460. The number of nitrogens with zero attached hydrogens (tertiary/aromatic N) is 2. The van der Waals surface area contributed by atoms with Crippen molar-refractivity contribution in [3.05, 3.63) is 63.6 Å². The molecule has 0 unspecified atom stereocenters. The summed E-state index contributed by atoms with van der Waals surface area (Å²) < 4.78 is 5.48. The number of carbonyl (C=O) groups excluding carboxylic acids is 1. The number of benzene rings is 2. The number of non-ortho nitro benzene ring substituents is 1. The van der Waals surface area contributed by atoms with Gasteiger partial charge in [0.25, 0.3) is 5.69 Å². The zero-order valence-corrected chi connectivity index (χ0v) is 13.2. The average molecular weight is 360 g/mol. The number of allylic oxidation sites excluding steroid dienone is 1. The smallest absolute Gasteiger partial charge is 0.271 e. The van der Waals surface area contributed by atoms with Crippen LogP contribution < -0.4 is 5.32 Å². The minimum atomic E-state index is -0.598. The number of halogens is 1. The van der Waals surface area contributed by atoms with E-state index in [1.807, 2.05) is 0 Å². The van der Waals surface area contributed by atoms with Crippen LogP contribution in [0.3, 0.4) is 0 Å². The van der Waals surface area contributed by atoms with Crippen molar-refractivity contribution in [2.24, 2.45) is 0 Å². The first-order valence-corrected chi connectivity index (χ1v) is 7.31. The van der Waals surface area contributed by atoms with Gasteiger partial charge >= 0.3 is 0 Å². The molecule has 0 aliphatic carbocycles. The van der Waals surface area contributed by atoms with E-state index in [9.17, 15) is 20.0 Å². The Morgan fingerprint density at radius 1 is 1.32 bits per heavy atom. The highest BCUT2D eigenvalue weighted by molar-refractivity contribution is 6.31. The Labute approximate surface area is 145 Å². The number of nitro benzene ring substituents is 1. The second-order valence-corrected chi connectivity index (χ2v) is 5.39. The molecule has 1 heterocycles. The number of hydrogen-bond acceptors (Lipinski definition) is 7. The molecule has 3 rings (SSSR count). The molecule has 9 heteroatoms. The van der Waals surface area contributed by atoms with Crippen LogP contribution in [0, 0.1) is 10.1 Å².